The Morgan fingerprint density at radius 1 is 1.10 bits per heavy atom. The third-order valence-electron chi connectivity index (χ3n) is 6.16. The van der Waals surface area contributed by atoms with E-state index in [9.17, 15) is 0 Å². The highest BCUT2D eigenvalue weighted by atomic mass is 15.2. The van der Waals surface area contributed by atoms with Crippen LogP contribution in [-0.2, 0) is 0 Å². The van der Waals surface area contributed by atoms with Gasteiger partial charge in [0.2, 0.25) is 0 Å². The molecule has 0 radical (unpaired) electrons. The topological polar surface area (TPSA) is 15.3 Å². The molecule has 0 heterocycles. The molecule has 0 aliphatic heterocycles. The minimum absolute atomic E-state index is 0.416. The fourth-order valence-corrected chi connectivity index (χ4v) is 4.47. The van der Waals surface area contributed by atoms with E-state index in [1.54, 1.807) is 0 Å². The van der Waals surface area contributed by atoms with Crippen molar-refractivity contribution in [1.82, 2.24) is 10.2 Å². The molecule has 0 aromatic rings. The number of nitrogens with one attached hydrogen (secondary N) is 1. The zero-order chi connectivity index (χ0) is 14.6. The summed E-state index contributed by atoms with van der Waals surface area (Å²) in [6.07, 6.45) is 12.7. The maximum Gasteiger partial charge on any atom is 0.0330 e. The van der Waals surface area contributed by atoms with Crippen LogP contribution in [0.3, 0.4) is 0 Å². The Morgan fingerprint density at radius 2 is 1.80 bits per heavy atom. The summed E-state index contributed by atoms with van der Waals surface area (Å²) < 4.78 is 0. The predicted molar refractivity (Wildman–Crippen MR) is 88.1 cm³/mol. The zero-order valence-electron chi connectivity index (χ0n) is 14.3. The van der Waals surface area contributed by atoms with Gasteiger partial charge in [-0.05, 0) is 64.5 Å². The molecule has 1 N–H and O–H groups in total. The summed E-state index contributed by atoms with van der Waals surface area (Å²) in [6, 6.07) is 0.784. The van der Waals surface area contributed by atoms with Gasteiger partial charge in [0.15, 0.2) is 0 Å². The number of likely N-dealkylation sites (N-methyl/N-ethyl adjacent to an activating group) is 1. The van der Waals surface area contributed by atoms with Crippen molar-refractivity contribution >= 4 is 0 Å². The summed E-state index contributed by atoms with van der Waals surface area (Å²) in [7, 11) is 4.57. The third-order valence-corrected chi connectivity index (χ3v) is 6.16. The normalized spacial score (nSPS) is 39.1. The van der Waals surface area contributed by atoms with E-state index in [4.69, 9.17) is 0 Å². The van der Waals surface area contributed by atoms with E-state index in [0.29, 0.717) is 5.54 Å². The first-order valence-corrected chi connectivity index (χ1v) is 8.96. The van der Waals surface area contributed by atoms with Gasteiger partial charge in [0.05, 0.1) is 0 Å². The molecule has 2 aliphatic carbocycles. The summed E-state index contributed by atoms with van der Waals surface area (Å²) in [5.74, 6) is 1.90. The minimum Gasteiger partial charge on any atom is -0.312 e. The van der Waals surface area contributed by atoms with Crippen LogP contribution < -0.4 is 5.32 Å². The Kier molecular flexibility index (Phi) is 5.92. The Morgan fingerprint density at radius 3 is 2.35 bits per heavy atom. The highest BCUT2D eigenvalue weighted by Crippen LogP contribution is 2.36. The van der Waals surface area contributed by atoms with Crippen molar-refractivity contribution in [2.45, 2.75) is 83.2 Å². The van der Waals surface area contributed by atoms with Crippen LogP contribution in [0.25, 0.3) is 0 Å². The summed E-state index contributed by atoms with van der Waals surface area (Å²) in [6.45, 7) is 5.98. The molecule has 0 aromatic carbocycles. The van der Waals surface area contributed by atoms with Gasteiger partial charge in [0.25, 0.3) is 0 Å². The lowest BCUT2D eigenvalue weighted by atomic mass is 9.75. The van der Waals surface area contributed by atoms with Crippen molar-refractivity contribution < 1.29 is 0 Å². The summed E-state index contributed by atoms with van der Waals surface area (Å²) in [4.78, 5) is 2.51. The fourth-order valence-electron chi connectivity index (χ4n) is 4.47. The van der Waals surface area contributed by atoms with Gasteiger partial charge in [-0.25, -0.2) is 0 Å². The molecule has 2 atom stereocenters. The molecule has 2 saturated carbocycles. The van der Waals surface area contributed by atoms with Crippen LogP contribution >= 0.6 is 0 Å². The highest BCUT2D eigenvalue weighted by molar-refractivity contribution is 4.95. The van der Waals surface area contributed by atoms with E-state index >= 15 is 0 Å². The molecule has 0 saturated heterocycles. The van der Waals surface area contributed by atoms with Crippen molar-refractivity contribution in [1.29, 1.82) is 0 Å². The van der Waals surface area contributed by atoms with Gasteiger partial charge >= 0.3 is 0 Å². The zero-order valence-corrected chi connectivity index (χ0v) is 14.3. The monoisotopic (exact) mass is 280 g/mol. The highest BCUT2D eigenvalue weighted by Gasteiger charge is 2.37. The van der Waals surface area contributed by atoms with Gasteiger partial charge in [0, 0.05) is 18.1 Å². The van der Waals surface area contributed by atoms with E-state index < -0.39 is 0 Å². The average Bonchev–Trinajstić information content (AvgIpc) is 2.45. The van der Waals surface area contributed by atoms with Crippen molar-refractivity contribution in [3.8, 4) is 0 Å². The van der Waals surface area contributed by atoms with Gasteiger partial charge in [-0.15, -0.1) is 0 Å². The van der Waals surface area contributed by atoms with Crippen LogP contribution in [0.4, 0.5) is 0 Å². The fraction of sp³-hybridized carbons (Fsp3) is 1.00. The smallest absolute Gasteiger partial charge is 0.0330 e. The molecule has 0 spiro atoms. The average molecular weight is 280 g/mol. The maximum absolute atomic E-state index is 3.94. The van der Waals surface area contributed by atoms with E-state index in [-0.39, 0.29) is 0 Å². The van der Waals surface area contributed by atoms with Gasteiger partial charge in [-0.3, -0.25) is 0 Å². The minimum atomic E-state index is 0.416. The lowest BCUT2D eigenvalue weighted by Gasteiger charge is -2.46. The molecule has 2 fully saturated rings. The summed E-state index contributed by atoms with van der Waals surface area (Å²) in [5.41, 5.74) is 0.416. The van der Waals surface area contributed by atoms with Crippen LogP contribution in [0.5, 0.6) is 0 Å². The van der Waals surface area contributed by atoms with Crippen LogP contribution in [0.15, 0.2) is 0 Å². The molecule has 2 heteroatoms. The third kappa shape index (κ3) is 3.98. The van der Waals surface area contributed by atoms with E-state index in [0.717, 1.165) is 17.9 Å². The number of rotatable bonds is 5. The Balaban J connectivity index is 1.84. The van der Waals surface area contributed by atoms with E-state index in [2.05, 4.69) is 38.2 Å². The molecule has 118 valence electrons. The van der Waals surface area contributed by atoms with Crippen molar-refractivity contribution in [2.24, 2.45) is 11.8 Å². The maximum atomic E-state index is 3.94. The molecule has 0 bridgehead atoms. The summed E-state index contributed by atoms with van der Waals surface area (Å²) in [5, 5.41) is 3.94. The lowest BCUT2D eigenvalue weighted by molar-refractivity contribution is 0.0697. The second kappa shape index (κ2) is 7.26. The molecular weight excluding hydrogens is 244 g/mol. The molecule has 0 aromatic heterocycles. The summed E-state index contributed by atoms with van der Waals surface area (Å²) >= 11 is 0. The number of hydrogen-bond acceptors (Lipinski definition) is 2. The van der Waals surface area contributed by atoms with Crippen molar-refractivity contribution in [2.75, 3.05) is 20.6 Å². The molecule has 20 heavy (non-hydrogen) atoms. The van der Waals surface area contributed by atoms with Gasteiger partial charge < -0.3 is 10.2 Å². The largest absolute Gasteiger partial charge is 0.312 e. The number of nitrogens with zero attached hydrogens (tertiary/aromatic N) is 1. The van der Waals surface area contributed by atoms with Crippen LogP contribution in [0, 0.1) is 11.8 Å². The predicted octanol–water partition coefficient (Wildman–Crippen LogP) is 4.06. The quantitative estimate of drug-likeness (QED) is 0.817. The first-order valence-electron chi connectivity index (χ1n) is 8.96. The van der Waals surface area contributed by atoms with Crippen LogP contribution in [0.2, 0.25) is 0 Å². The van der Waals surface area contributed by atoms with Gasteiger partial charge in [-0.1, -0.05) is 33.1 Å². The molecule has 0 amide bonds. The van der Waals surface area contributed by atoms with Gasteiger partial charge in [0.1, 0.15) is 0 Å². The SMILES string of the molecule is CCC1CCC(NCC2(N(C)C)CCCC(C)C2)CC1. The van der Waals surface area contributed by atoms with Crippen molar-refractivity contribution in [3.63, 3.8) is 0 Å². The Labute approximate surface area is 126 Å². The second-order valence-electron chi connectivity index (χ2n) is 7.83. The molecule has 2 rings (SSSR count). The standard InChI is InChI=1S/C18H36N2/c1-5-16-8-10-17(11-9-16)19-14-18(20(3)4)12-6-7-15(2)13-18/h15-17,19H,5-14H2,1-4H3. The van der Waals surface area contributed by atoms with E-state index in [1.807, 2.05) is 0 Å². The Bertz CT molecular complexity index is 281. The van der Waals surface area contributed by atoms with Gasteiger partial charge in [-0.2, -0.15) is 0 Å². The molecule has 2 nitrogen and oxygen atoms in total. The second-order valence-corrected chi connectivity index (χ2v) is 7.83. The Hall–Kier alpha value is -0.0800. The first kappa shape index (κ1) is 16.3. The first-order chi connectivity index (χ1) is 9.55. The molecular formula is C18H36N2. The van der Waals surface area contributed by atoms with E-state index in [1.165, 1.54) is 64.3 Å². The van der Waals surface area contributed by atoms with Crippen molar-refractivity contribution in [3.05, 3.63) is 0 Å². The molecule has 2 unspecified atom stereocenters. The van der Waals surface area contributed by atoms with Crippen LogP contribution in [0.1, 0.15) is 71.6 Å². The van der Waals surface area contributed by atoms with Crippen LogP contribution in [-0.4, -0.2) is 37.1 Å². The lowest BCUT2D eigenvalue weighted by Crippen LogP contribution is -2.55. The molecule has 2 aliphatic rings. The number of hydrogen-bond donors (Lipinski definition) is 1.